The van der Waals surface area contributed by atoms with E-state index >= 15 is 0 Å². The predicted molar refractivity (Wildman–Crippen MR) is 48.8 cm³/mol. The summed E-state index contributed by atoms with van der Waals surface area (Å²) in [5, 5.41) is 0. The maximum absolute atomic E-state index is 12.5. The summed E-state index contributed by atoms with van der Waals surface area (Å²) in [7, 11) is 0. The van der Waals surface area contributed by atoms with Gasteiger partial charge in [-0.3, -0.25) is 0 Å². The summed E-state index contributed by atoms with van der Waals surface area (Å²) in [5.74, 6) is 0. The minimum Gasteiger partial charge on any atom is -0.314 e. The van der Waals surface area contributed by atoms with Gasteiger partial charge in [0.05, 0.1) is 5.52 Å². The second-order valence-corrected chi connectivity index (χ2v) is 3.33. The summed E-state index contributed by atoms with van der Waals surface area (Å²) in [6, 6.07) is 5.55. The molecule has 1 aromatic carbocycles. The van der Waals surface area contributed by atoms with Gasteiger partial charge in [-0.25, -0.2) is 4.98 Å². The van der Waals surface area contributed by atoms with Crippen LogP contribution in [0.15, 0.2) is 18.2 Å². The van der Waals surface area contributed by atoms with E-state index in [4.69, 9.17) is 0 Å². The smallest absolute Gasteiger partial charge is 0.287 e. The molecule has 0 radical (unpaired) electrons. The first-order valence-corrected chi connectivity index (χ1v) is 4.15. The molecule has 1 N–H and O–H groups in total. The number of para-hydroxylation sites is 1. The topological polar surface area (TPSA) is 28.7 Å². The third kappa shape index (κ3) is 1.11. The fourth-order valence-electron chi connectivity index (χ4n) is 0.967. The number of nitrogens with zero attached hydrogens (tertiary/aromatic N) is 1. The number of aromatic amines is 1. The molecule has 0 saturated heterocycles. The van der Waals surface area contributed by atoms with Gasteiger partial charge >= 0.3 is 0 Å². The summed E-state index contributed by atoms with van der Waals surface area (Å²) in [6.45, 7) is 0. The van der Waals surface area contributed by atoms with E-state index in [-0.39, 0.29) is 0 Å². The van der Waals surface area contributed by atoms with E-state index in [1.807, 2.05) is 12.1 Å². The number of hydrogen-bond donors (Lipinski definition) is 1. The third-order valence-corrected chi connectivity index (χ3v) is 2.31. The second kappa shape index (κ2) is 2.44. The van der Waals surface area contributed by atoms with Crippen molar-refractivity contribution >= 4 is 33.6 Å². The van der Waals surface area contributed by atoms with Crippen molar-refractivity contribution in [1.82, 2.24) is 9.97 Å². The van der Waals surface area contributed by atoms with E-state index in [0.29, 0.717) is 5.52 Å². The molecule has 0 aliphatic rings. The number of halogens is 2. The molecule has 0 atom stereocenters. The zero-order chi connectivity index (χ0) is 7.84. The van der Waals surface area contributed by atoms with Crippen molar-refractivity contribution in [3.05, 3.63) is 27.8 Å². The average Bonchev–Trinajstić information content (AvgIpc) is 2.31. The molecule has 2 rings (SSSR count). The van der Waals surface area contributed by atoms with Crippen molar-refractivity contribution in [2.75, 3.05) is 0 Å². The Morgan fingerprint density at radius 2 is 2.27 bits per heavy atom. The van der Waals surface area contributed by atoms with Crippen LogP contribution in [0.25, 0.3) is 11.0 Å². The molecular formula is C7H4FIN2. The molecule has 0 aliphatic carbocycles. The van der Waals surface area contributed by atoms with E-state index in [1.54, 1.807) is 6.07 Å². The highest BCUT2D eigenvalue weighted by Crippen LogP contribution is 2.17. The van der Waals surface area contributed by atoms with Crippen LogP contribution in [0.5, 0.6) is 0 Å². The van der Waals surface area contributed by atoms with Crippen molar-refractivity contribution in [3.8, 4) is 0 Å². The number of rotatable bonds is 0. The van der Waals surface area contributed by atoms with Crippen LogP contribution >= 0.6 is 22.6 Å². The molecule has 0 spiro atoms. The number of benzene rings is 1. The van der Waals surface area contributed by atoms with Crippen LogP contribution in [0.1, 0.15) is 0 Å². The lowest BCUT2D eigenvalue weighted by Crippen LogP contribution is -1.73. The van der Waals surface area contributed by atoms with E-state index in [9.17, 15) is 4.39 Å². The SMILES string of the molecule is Fc1nc2c(I)cccc2[nH]1. The van der Waals surface area contributed by atoms with Crippen molar-refractivity contribution in [2.24, 2.45) is 0 Å². The zero-order valence-electron chi connectivity index (χ0n) is 5.44. The molecule has 0 saturated carbocycles. The first-order valence-electron chi connectivity index (χ1n) is 3.07. The molecule has 2 aromatic rings. The Balaban J connectivity index is 2.90. The van der Waals surface area contributed by atoms with Gasteiger partial charge in [0.25, 0.3) is 6.08 Å². The molecule has 56 valence electrons. The molecule has 0 bridgehead atoms. The minimum absolute atomic E-state index is 0.524. The number of fused-ring (bicyclic) bond motifs is 1. The maximum atomic E-state index is 12.5. The Labute approximate surface area is 76.0 Å². The highest BCUT2D eigenvalue weighted by Gasteiger charge is 2.02. The molecule has 0 fully saturated rings. The van der Waals surface area contributed by atoms with Crippen molar-refractivity contribution in [1.29, 1.82) is 0 Å². The highest BCUT2D eigenvalue weighted by molar-refractivity contribution is 14.1. The average molecular weight is 262 g/mol. The van der Waals surface area contributed by atoms with E-state index in [0.717, 1.165) is 9.09 Å². The molecule has 0 unspecified atom stereocenters. The summed E-state index contributed by atoms with van der Waals surface area (Å²) < 4.78 is 13.5. The molecule has 2 nitrogen and oxygen atoms in total. The number of hydrogen-bond acceptors (Lipinski definition) is 1. The lowest BCUT2D eigenvalue weighted by molar-refractivity contribution is 0.556. The van der Waals surface area contributed by atoms with Crippen LogP contribution < -0.4 is 0 Å². The molecule has 0 amide bonds. The van der Waals surface area contributed by atoms with Crippen LogP contribution in [0.3, 0.4) is 0 Å². The normalized spacial score (nSPS) is 10.7. The van der Waals surface area contributed by atoms with Gasteiger partial charge in [-0.15, -0.1) is 0 Å². The van der Waals surface area contributed by atoms with Crippen LogP contribution in [0, 0.1) is 9.65 Å². The Morgan fingerprint density at radius 3 is 3.00 bits per heavy atom. The van der Waals surface area contributed by atoms with Gasteiger partial charge in [-0.1, -0.05) is 6.07 Å². The molecule has 0 aliphatic heterocycles. The Hall–Kier alpha value is -0.650. The molecular weight excluding hydrogens is 258 g/mol. The standard InChI is InChI=1S/C7H4FIN2/c8-7-10-5-3-1-2-4(9)6(5)11-7/h1-3H,(H,10,11). The van der Waals surface area contributed by atoms with Gasteiger partial charge in [-0.05, 0) is 34.7 Å². The van der Waals surface area contributed by atoms with Crippen LogP contribution in [-0.4, -0.2) is 9.97 Å². The summed E-state index contributed by atoms with van der Waals surface area (Å²) in [6.07, 6.45) is -0.524. The molecule has 11 heavy (non-hydrogen) atoms. The van der Waals surface area contributed by atoms with E-state index < -0.39 is 6.08 Å². The highest BCUT2D eigenvalue weighted by atomic mass is 127. The Morgan fingerprint density at radius 1 is 1.45 bits per heavy atom. The fraction of sp³-hybridized carbons (Fsp3) is 0. The lowest BCUT2D eigenvalue weighted by atomic mass is 10.3. The molecule has 1 heterocycles. The van der Waals surface area contributed by atoms with Crippen molar-refractivity contribution < 1.29 is 4.39 Å². The number of H-pyrrole nitrogens is 1. The van der Waals surface area contributed by atoms with Gasteiger partial charge in [0.1, 0.15) is 5.52 Å². The largest absolute Gasteiger partial charge is 0.314 e. The number of imidazole rings is 1. The number of nitrogens with one attached hydrogen (secondary N) is 1. The van der Waals surface area contributed by atoms with Crippen LogP contribution in [-0.2, 0) is 0 Å². The predicted octanol–water partition coefficient (Wildman–Crippen LogP) is 2.31. The summed E-state index contributed by atoms with van der Waals surface area (Å²) >= 11 is 2.12. The summed E-state index contributed by atoms with van der Waals surface area (Å²) in [5.41, 5.74) is 1.44. The first-order chi connectivity index (χ1) is 5.27. The van der Waals surface area contributed by atoms with Gasteiger partial charge in [-0.2, -0.15) is 4.39 Å². The van der Waals surface area contributed by atoms with Crippen LogP contribution in [0.2, 0.25) is 0 Å². The lowest BCUT2D eigenvalue weighted by Gasteiger charge is -1.88. The molecule has 1 aromatic heterocycles. The zero-order valence-corrected chi connectivity index (χ0v) is 7.59. The van der Waals surface area contributed by atoms with Crippen LogP contribution in [0.4, 0.5) is 4.39 Å². The fourth-order valence-corrected chi connectivity index (χ4v) is 1.59. The quantitative estimate of drug-likeness (QED) is 0.725. The van der Waals surface area contributed by atoms with Gasteiger partial charge in [0.15, 0.2) is 0 Å². The van der Waals surface area contributed by atoms with Crippen molar-refractivity contribution in [2.45, 2.75) is 0 Å². The van der Waals surface area contributed by atoms with Gasteiger partial charge in [0.2, 0.25) is 0 Å². The number of aromatic nitrogens is 2. The van der Waals surface area contributed by atoms with Gasteiger partial charge < -0.3 is 4.98 Å². The van der Waals surface area contributed by atoms with E-state index in [2.05, 4.69) is 32.6 Å². The minimum atomic E-state index is -0.524. The van der Waals surface area contributed by atoms with E-state index in [1.165, 1.54) is 0 Å². The summed E-state index contributed by atoms with van der Waals surface area (Å²) in [4.78, 5) is 6.20. The second-order valence-electron chi connectivity index (χ2n) is 2.16. The first kappa shape index (κ1) is 7.02. The Kier molecular flexibility index (Phi) is 1.56. The Bertz CT molecular complexity index is 396. The third-order valence-electron chi connectivity index (χ3n) is 1.43. The monoisotopic (exact) mass is 262 g/mol. The van der Waals surface area contributed by atoms with Crippen molar-refractivity contribution in [3.63, 3.8) is 0 Å². The molecule has 4 heteroatoms. The van der Waals surface area contributed by atoms with Gasteiger partial charge in [0, 0.05) is 3.57 Å². The maximum Gasteiger partial charge on any atom is 0.287 e.